The van der Waals surface area contributed by atoms with Gasteiger partial charge in [-0.3, -0.25) is 10.1 Å². The third-order valence-electron chi connectivity index (χ3n) is 4.12. The zero-order valence-electron chi connectivity index (χ0n) is 13.8. The monoisotopic (exact) mass is 424 g/mol. The molecule has 2 atom stereocenters. The molecule has 1 fully saturated rings. The van der Waals surface area contributed by atoms with Gasteiger partial charge in [0.2, 0.25) is 0 Å². The number of ether oxygens (including phenoxy) is 1. The molecule has 1 heterocycles. The van der Waals surface area contributed by atoms with Gasteiger partial charge in [0.15, 0.2) is 10.4 Å². The van der Waals surface area contributed by atoms with Crippen LogP contribution in [0.3, 0.4) is 0 Å². The molecule has 3 rings (SSSR count). The Morgan fingerprint density at radius 2 is 1.92 bits per heavy atom. The maximum Gasteiger partial charge on any atom is 0.411 e. The van der Waals surface area contributed by atoms with E-state index in [0.29, 0.717) is 16.8 Å². The highest BCUT2D eigenvalue weighted by Gasteiger charge is 2.27. The molecular weight excluding hydrogens is 407 g/mol. The summed E-state index contributed by atoms with van der Waals surface area (Å²) in [4.78, 5) is 24.1. The summed E-state index contributed by atoms with van der Waals surface area (Å²) in [5.74, 6) is -0.440. The number of carbonyl (C=O) groups excluding carboxylic acids is 2. The molecule has 0 aliphatic heterocycles. The molecule has 0 bridgehead atoms. The van der Waals surface area contributed by atoms with Crippen LogP contribution in [0.15, 0.2) is 45.5 Å². The number of furan rings is 1. The van der Waals surface area contributed by atoms with Gasteiger partial charge in [-0.1, -0.05) is 0 Å². The van der Waals surface area contributed by atoms with Crippen molar-refractivity contribution < 1.29 is 23.1 Å². The minimum atomic E-state index is -0.594. The average Bonchev–Trinajstić information content (AvgIpc) is 3.04. The Hall–Kier alpha value is -2.35. The number of nitrogens with one attached hydrogen (secondary N) is 2. The molecule has 0 saturated heterocycles. The number of halogens is 2. The second kappa shape index (κ2) is 8.35. The molecule has 8 heteroatoms. The summed E-state index contributed by atoms with van der Waals surface area (Å²) >= 11 is 3.16. The highest BCUT2D eigenvalue weighted by atomic mass is 79.9. The topological polar surface area (TPSA) is 80.6 Å². The van der Waals surface area contributed by atoms with Crippen LogP contribution >= 0.6 is 15.9 Å². The predicted molar refractivity (Wildman–Crippen MR) is 96.4 cm³/mol. The normalized spacial score (nSPS) is 19.6. The zero-order valence-corrected chi connectivity index (χ0v) is 15.4. The molecule has 1 aromatic heterocycles. The van der Waals surface area contributed by atoms with E-state index in [1.165, 1.54) is 24.3 Å². The third-order valence-corrected chi connectivity index (χ3v) is 4.55. The van der Waals surface area contributed by atoms with Crippen molar-refractivity contribution >= 4 is 33.6 Å². The van der Waals surface area contributed by atoms with E-state index in [2.05, 4.69) is 26.6 Å². The van der Waals surface area contributed by atoms with Gasteiger partial charge < -0.3 is 14.5 Å². The highest BCUT2D eigenvalue weighted by Crippen LogP contribution is 2.23. The van der Waals surface area contributed by atoms with Crippen LogP contribution in [0, 0.1) is 5.82 Å². The van der Waals surface area contributed by atoms with E-state index in [0.717, 1.165) is 19.3 Å². The minimum absolute atomic E-state index is 0.0938. The predicted octanol–water partition coefficient (Wildman–Crippen LogP) is 4.47. The van der Waals surface area contributed by atoms with Crippen molar-refractivity contribution in [1.29, 1.82) is 0 Å². The summed E-state index contributed by atoms with van der Waals surface area (Å²) in [6.07, 6.45) is 2.02. The van der Waals surface area contributed by atoms with Crippen LogP contribution in [-0.4, -0.2) is 24.1 Å². The molecule has 2 aromatic rings. The van der Waals surface area contributed by atoms with Crippen LogP contribution in [0.1, 0.15) is 36.2 Å². The fraction of sp³-hybridized carbons (Fsp3) is 0.333. The molecule has 2 N–H and O–H groups in total. The van der Waals surface area contributed by atoms with Gasteiger partial charge in [0.1, 0.15) is 11.9 Å². The smallest absolute Gasteiger partial charge is 0.411 e. The molecule has 138 valence electrons. The molecule has 1 aromatic carbocycles. The number of benzene rings is 1. The van der Waals surface area contributed by atoms with Crippen LogP contribution < -0.4 is 10.6 Å². The lowest BCUT2D eigenvalue weighted by molar-refractivity contribution is 0.0702. The van der Waals surface area contributed by atoms with E-state index < -0.39 is 6.09 Å². The van der Waals surface area contributed by atoms with Gasteiger partial charge in [0, 0.05) is 18.2 Å². The van der Waals surface area contributed by atoms with Gasteiger partial charge in [-0.15, -0.1) is 0 Å². The number of carbonyl (C=O) groups is 2. The lowest BCUT2D eigenvalue weighted by atomic mass is 9.93. The molecule has 1 aliphatic rings. The second-order valence-electron chi connectivity index (χ2n) is 6.10. The molecule has 0 radical (unpaired) electrons. The minimum Gasteiger partial charge on any atom is -0.446 e. The van der Waals surface area contributed by atoms with Crippen molar-refractivity contribution in [2.45, 2.75) is 37.8 Å². The van der Waals surface area contributed by atoms with E-state index in [1.807, 2.05) is 0 Å². The number of anilines is 1. The third kappa shape index (κ3) is 5.08. The molecule has 1 saturated carbocycles. The van der Waals surface area contributed by atoms with Crippen molar-refractivity contribution in [3.05, 3.63) is 52.6 Å². The highest BCUT2D eigenvalue weighted by molar-refractivity contribution is 9.10. The lowest BCUT2D eigenvalue weighted by Crippen LogP contribution is -2.41. The van der Waals surface area contributed by atoms with Gasteiger partial charge in [-0.05, 0) is 71.6 Å². The van der Waals surface area contributed by atoms with E-state index in [9.17, 15) is 14.0 Å². The van der Waals surface area contributed by atoms with E-state index in [1.54, 1.807) is 12.1 Å². The molecular formula is C18H18BrFN2O4. The fourth-order valence-electron chi connectivity index (χ4n) is 2.91. The molecule has 6 nitrogen and oxygen atoms in total. The van der Waals surface area contributed by atoms with Crippen LogP contribution in [0.2, 0.25) is 0 Å². The first-order valence-electron chi connectivity index (χ1n) is 8.29. The Morgan fingerprint density at radius 3 is 2.62 bits per heavy atom. The Bertz CT molecular complexity index is 778. The van der Waals surface area contributed by atoms with Crippen molar-refractivity contribution in [1.82, 2.24) is 5.32 Å². The quantitative estimate of drug-likeness (QED) is 0.758. The largest absolute Gasteiger partial charge is 0.446 e. The van der Waals surface area contributed by atoms with Crippen molar-refractivity contribution in [2.75, 3.05) is 5.32 Å². The molecule has 2 unspecified atom stereocenters. The van der Waals surface area contributed by atoms with Crippen LogP contribution in [0.4, 0.5) is 14.9 Å². The summed E-state index contributed by atoms with van der Waals surface area (Å²) < 4.78 is 24.0. The Kier molecular flexibility index (Phi) is 5.92. The molecule has 26 heavy (non-hydrogen) atoms. The summed E-state index contributed by atoms with van der Waals surface area (Å²) in [7, 11) is 0. The number of hydrogen-bond acceptors (Lipinski definition) is 4. The van der Waals surface area contributed by atoms with E-state index in [-0.39, 0.29) is 29.6 Å². The van der Waals surface area contributed by atoms with E-state index >= 15 is 0 Å². The number of amides is 2. The van der Waals surface area contributed by atoms with Crippen molar-refractivity contribution in [3.8, 4) is 0 Å². The Morgan fingerprint density at radius 1 is 1.15 bits per heavy atom. The summed E-state index contributed by atoms with van der Waals surface area (Å²) in [5.41, 5.74) is 0.459. The lowest BCUT2D eigenvalue weighted by Gasteiger charge is -2.29. The summed E-state index contributed by atoms with van der Waals surface area (Å²) in [5, 5.41) is 5.47. The van der Waals surface area contributed by atoms with Gasteiger partial charge >= 0.3 is 6.09 Å². The zero-order chi connectivity index (χ0) is 18.5. The fourth-order valence-corrected chi connectivity index (χ4v) is 3.21. The number of hydrogen-bond donors (Lipinski definition) is 2. The van der Waals surface area contributed by atoms with Crippen LogP contribution in [0.25, 0.3) is 0 Å². The first-order valence-corrected chi connectivity index (χ1v) is 9.08. The molecule has 0 spiro atoms. The van der Waals surface area contributed by atoms with Crippen molar-refractivity contribution in [3.63, 3.8) is 0 Å². The van der Waals surface area contributed by atoms with Crippen LogP contribution in [-0.2, 0) is 4.74 Å². The Balaban J connectivity index is 1.49. The van der Waals surface area contributed by atoms with E-state index in [4.69, 9.17) is 9.15 Å². The van der Waals surface area contributed by atoms with Gasteiger partial charge in [0.05, 0.1) is 0 Å². The number of rotatable bonds is 4. The molecule has 1 aliphatic carbocycles. The average molecular weight is 425 g/mol. The SMILES string of the molecule is O=C(Nc1ccc(F)cc1)OC1CCCC(NC(=O)c2ccc(Br)o2)C1. The van der Waals surface area contributed by atoms with Gasteiger partial charge in [0.25, 0.3) is 5.91 Å². The van der Waals surface area contributed by atoms with Crippen molar-refractivity contribution in [2.24, 2.45) is 0 Å². The molecule has 2 amide bonds. The maximum absolute atomic E-state index is 12.9. The first-order chi connectivity index (χ1) is 12.5. The first kappa shape index (κ1) is 18.4. The van der Waals surface area contributed by atoms with Crippen LogP contribution in [0.5, 0.6) is 0 Å². The maximum atomic E-state index is 12.9. The standard InChI is InChI=1S/C18H18BrFN2O4/c19-16-9-8-15(26-16)17(23)21-13-2-1-3-14(10-13)25-18(24)22-12-6-4-11(20)5-7-12/h4-9,13-14H,1-3,10H2,(H,21,23)(H,22,24). The Labute approximate surface area is 158 Å². The summed E-state index contributed by atoms with van der Waals surface area (Å²) in [6.45, 7) is 0. The summed E-state index contributed by atoms with van der Waals surface area (Å²) in [6, 6.07) is 8.59. The van der Waals surface area contributed by atoms with Gasteiger partial charge in [-0.2, -0.15) is 0 Å². The van der Waals surface area contributed by atoms with Gasteiger partial charge in [-0.25, -0.2) is 9.18 Å². The second-order valence-corrected chi connectivity index (χ2v) is 6.88.